The first-order valence-electron chi connectivity index (χ1n) is 6.20. The predicted octanol–water partition coefficient (Wildman–Crippen LogP) is 3.03. The molecule has 0 saturated carbocycles. The van der Waals surface area contributed by atoms with Crippen LogP contribution in [0.2, 0.25) is 6.04 Å². The molecular formula is C14H24O3Si. The zero-order valence-electron chi connectivity index (χ0n) is 12.3. The van der Waals surface area contributed by atoms with Gasteiger partial charge in [0.1, 0.15) is 0 Å². The van der Waals surface area contributed by atoms with E-state index in [1.807, 2.05) is 0 Å². The third kappa shape index (κ3) is 3.42. The van der Waals surface area contributed by atoms with Gasteiger partial charge in [0.2, 0.25) is 0 Å². The van der Waals surface area contributed by atoms with Crippen LogP contribution in [0.15, 0.2) is 12.1 Å². The van der Waals surface area contributed by atoms with Crippen LogP contribution >= 0.6 is 0 Å². The second-order valence-electron chi connectivity index (χ2n) is 4.66. The molecule has 0 radical (unpaired) electrons. The molecule has 102 valence electrons. The Bertz CT molecular complexity index is 392. The van der Waals surface area contributed by atoms with Gasteiger partial charge >= 0.3 is 8.80 Å². The Labute approximate surface area is 111 Å². The fourth-order valence-electron chi connectivity index (χ4n) is 2.13. The van der Waals surface area contributed by atoms with Crippen LogP contribution in [-0.2, 0) is 19.7 Å². The average molecular weight is 268 g/mol. The third-order valence-electron chi connectivity index (χ3n) is 3.59. The number of hydrogen-bond acceptors (Lipinski definition) is 3. The summed E-state index contributed by atoms with van der Waals surface area (Å²) in [5.74, 6) is 0. The summed E-state index contributed by atoms with van der Waals surface area (Å²) < 4.78 is 16.3. The Morgan fingerprint density at radius 2 is 1.33 bits per heavy atom. The molecule has 0 saturated heterocycles. The van der Waals surface area contributed by atoms with E-state index in [-0.39, 0.29) is 0 Å². The van der Waals surface area contributed by atoms with E-state index in [2.05, 4.69) is 32.9 Å². The second kappa shape index (κ2) is 6.47. The predicted molar refractivity (Wildman–Crippen MR) is 75.9 cm³/mol. The van der Waals surface area contributed by atoms with Crippen molar-refractivity contribution in [3.63, 3.8) is 0 Å². The third-order valence-corrected chi connectivity index (χ3v) is 6.31. The molecule has 0 unspecified atom stereocenters. The lowest BCUT2D eigenvalue weighted by Crippen LogP contribution is -2.43. The van der Waals surface area contributed by atoms with E-state index in [9.17, 15) is 0 Å². The van der Waals surface area contributed by atoms with Crippen LogP contribution in [0, 0.1) is 20.8 Å². The van der Waals surface area contributed by atoms with E-state index in [1.54, 1.807) is 21.3 Å². The van der Waals surface area contributed by atoms with Crippen LogP contribution in [0.5, 0.6) is 0 Å². The van der Waals surface area contributed by atoms with Crippen LogP contribution < -0.4 is 0 Å². The van der Waals surface area contributed by atoms with Crippen molar-refractivity contribution < 1.29 is 13.3 Å². The van der Waals surface area contributed by atoms with Gasteiger partial charge in [0, 0.05) is 27.4 Å². The summed E-state index contributed by atoms with van der Waals surface area (Å²) >= 11 is 0. The summed E-state index contributed by atoms with van der Waals surface area (Å²) in [4.78, 5) is 0. The molecule has 0 aliphatic heterocycles. The topological polar surface area (TPSA) is 27.7 Å². The van der Waals surface area contributed by atoms with E-state index >= 15 is 0 Å². The quantitative estimate of drug-likeness (QED) is 0.742. The van der Waals surface area contributed by atoms with Crippen molar-refractivity contribution in [1.29, 1.82) is 0 Å². The van der Waals surface area contributed by atoms with Gasteiger partial charge in [0.15, 0.2) is 0 Å². The van der Waals surface area contributed by atoms with Crippen molar-refractivity contribution in [3.05, 3.63) is 34.4 Å². The molecule has 0 fully saturated rings. The van der Waals surface area contributed by atoms with Gasteiger partial charge < -0.3 is 13.3 Å². The lowest BCUT2D eigenvalue weighted by Gasteiger charge is -2.24. The number of rotatable bonds is 6. The molecule has 1 rings (SSSR count). The molecule has 0 amide bonds. The van der Waals surface area contributed by atoms with Gasteiger partial charge in [-0.15, -0.1) is 0 Å². The van der Waals surface area contributed by atoms with Crippen molar-refractivity contribution in [2.75, 3.05) is 21.3 Å². The zero-order chi connectivity index (χ0) is 13.8. The molecule has 0 N–H and O–H groups in total. The van der Waals surface area contributed by atoms with Crippen molar-refractivity contribution in [1.82, 2.24) is 0 Å². The van der Waals surface area contributed by atoms with Crippen LogP contribution in [-0.4, -0.2) is 30.1 Å². The molecule has 4 heteroatoms. The van der Waals surface area contributed by atoms with Crippen LogP contribution in [0.25, 0.3) is 0 Å². The van der Waals surface area contributed by atoms with E-state index in [0.717, 1.165) is 12.5 Å². The minimum Gasteiger partial charge on any atom is -0.377 e. The van der Waals surface area contributed by atoms with Crippen molar-refractivity contribution in [2.45, 2.75) is 33.2 Å². The molecule has 3 nitrogen and oxygen atoms in total. The Hall–Kier alpha value is -0.683. The molecule has 0 aliphatic carbocycles. The number of aryl methyl sites for hydroxylation is 4. The Morgan fingerprint density at radius 3 is 1.83 bits per heavy atom. The first-order chi connectivity index (χ1) is 8.48. The SMILES string of the molecule is CO[Si](CCc1cc(C)c(C)cc1C)(OC)OC. The van der Waals surface area contributed by atoms with Gasteiger partial charge in [0.25, 0.3) is 0 Å². The van der Waals surface area contributed by atoms with Crippen molar-refractivity contribution >= 4 is 8.80 Å². The largest absolute Gasteiger partial charge is 0.500 e. The van der Waals surface area contributed by atoms with Crippen LogP contribution in [0.1, 0.15) is 22.3 Å². The highest BCUT2D eigenvalue weighted by molar-refractivity contribution is 6.60. The fraction of sp³-hybridized carbons (Fsp3) is 0.571. The summed E-state index contributed by atoms with van der Waals surface area (Å²) in [5.41, 5.74) is 5.34. The van der Waals surface area contributed by atoms with Gasteiger partial charge in [-0.2, -0.15) is 0 Å². The lowest BCUT2D eigenvalue weighted by molar-refractivity contribution is 0.123. The van der Waals surface area contributed by atoms with Crippen LogP contribution in [0.4, 0.5) is 0 Å². The normalized spacial score (nSPS) is 11.9. The maximum atomic E-state index is 5.45. The van der Waals surface area contributed by atoms with Gasteiger partial charge in [-0.3, -0.25) is 0 Å². The minimum absolute atomic E-state index is 0.805. The summed E-state index contributed by atoms with van der Waals surface area (Å²) in [6.07, 6.45) is 0.925. The highest BCUT2D eigenvalue weighted by Gasteiger charge is 2.37. The molecule has 1 aromatic rings. The summed E-state index contributed by atoms with van der Waals surface area (Å²) in [6.45, 7) is 6.44. The van der Waals surface area contributed by atoms with E-state index < -0.39 is 8.80 Å². The molecule has 0 bridgehead atoms. The molecule has 18 heavy (non-hydrogen) atoms. The summed E-state index contributed by atoms with van der Waals surface area (Å²) in [7, 11) is 2.52. The smallest absolute Gasteiger partial charge is 0.377 e. The molecular weight excluding hydrogens is 244 g/mol. The minimum atomic E-state index is -2.45. The van der Waals surface area contributed by atoms with E-state index in [4.69, 9.17) is 13.3 Å². The van der Waals surface area contributed by atoms with Crippen LogP contribution in [0.3, 0.4) is 0 Å². The standard InChI is InChI=1S/C14H24O3Si/c1-11-9-13(3)14(10-12(11)2)7-8-18(15-4,16-5)17-6/h9-10H,7-8H2,1-6H3. The van der Waals surface area contributed by atoms with E-state index in [1.165, 1.54) is 22.3 Å². The zero-order valence-corrected chi connectivity index (χ0v) is 13.3. The number of benzene rings is 1. The monoisotopic (exact) mass is 268 g/mol. The summed E-state index contributed by atoms with van der Waals surface area (Å²) in [6, 6.07) is 5.30. The number of hydrogen-bond donors (Lipinski definition) is 0. The molecule has 0 heterocycles. The van der Waals surface area contributed by atoms with Gasteiger partial charge in [-0.25, -0.2) is 0 Å². The molecule has 1 aromatic carbocycles. The van der Waals surface area contributed by atoms with Gasteiger partial charge in [-0.05, 0) is 49.4 Å². The Morgan fingerprint density at radius 1 is 0.833 bits per heavy atom. The fourth-order valence-corrected chi connectivity index (χ4v) is 3.82. The maximum Gasteiger partial charge on any atom is 0.500 e. The van der Waals surface area contributed by atoms with Gasteiger partial charge in [0.05, 0.1) is 0 Å². The first kappa shape index (κ1) is 15.4. The molecule has 0 spiro atoms. The molecule has 0 atom stereocenters. The van der Waals surface area contributed by atoms with E-state index in [0.29, 0.717) is 0 Å². The second-order valence-corrected chi connectivity index (χ2v) is 7.75. The highest BCUT2D eigenvalue weighted by Crippen LogP contribution is 2.21. The Kier molecular flexibility index (Phi) is 5.53. The summed E-state index contributed by atoms with van der Waals surface area (Å²) in [5, 5.41) is 0. The molecule has 0 aromatic heterocycles. The van der Waals surface area contributed by atoms with Crippen molar-refractivity contribution in [2.24, 2.45) is 0 Å². The lowest BCUT2D eigenvalue weighted by atomic mass is 9.99. The Balaban J connectivity index is 2.83. The molecule has 0 aliphatic rings. The maximum absolute atomic E-state index is 5.45. The van der Waals surface area contributed by atoms with Crippen molar-refractivity contribution in [3.8, 4) is 0 Å². The first-order valence-corrected chi connectivity index (χ1v) is 8.13. The highest BCUT2D eigenvalue weighted by atomic mass is 28.4. The van der Waals surface area contributed by atoms with Gasteiger partial charge in [-0.1, -0.05) is 12.1 Å². The average Bonchev–Trinajstić information content (AvgIpc) is 2.37.